The quantitative estimate of drug-likeness (QED) is 0.709. The fraction of sp³-hybridized carbons (Fsp3) is 0.364. The lowest BCUT2D eigenvalue weighted by Gasteiger charge is -2.16. The number of benzene rings is 1. The predicted molar refractivity (Wildman–Crippen MR) is 58.6 cm³/mol. The maximum Gasteiger partial charge on any atom is 0.231 e. The van der Waals surface area contributed by atoms with Crippen LogP contribution in [-0.2, 0) is 11.2 Å². The second-order valence-electron chi connectivity index (χ2n) is 3.69. The zero-order valence-electron chi connectivity index (χ0n) is 8.44. The molecule has 1 aliphatic rings. The number of nitrogens with zero attached hydrogens (tertiary/aromatic N) is 1. The summed E-state index contributed by atoms with van der Waals surface area (Å²) in [7, 11) is 0. The Balaban J connectivity index is 2.27. The van der Waals surface area contributed by atoms with Gasteiger partial charge in [-0.05, 0) is 24.1 Å². The lowest BCUT2D eigenvalue weighted by molar-refractivity contribution is -0.117. The van der Waals surface area contributed by atoms with Crippen molar-refractivity contribution in [1.82, 2.24) is 0 Å². The molecule has 0 bridgehead atoms. The topological polar surface area (TPSA) is 66.6 Å². The third-order valence-electron chi connectivity index (χ3n) is 2.58. The minimum Gasteiger partial charge on any atom is -0.399 e. The van der Waals surface area contributed by atoms with E-state index in [0.29, 0.717) is 25.1 Å². The van der Waals surface area contributed by atoms with Gasteiger partial charge in [0.05, 0.1) is 6.42 Å². The minimum absolute atomic E-state index is 0.0871. The Hall–Kier alpha value is -1.55. The number of fused-ring (bicyclic) bond motifs is 1. The van der Waals surface area contributed by atoms with Crippen molar-refractivity contribution in [1.29, 1.82) is 0 Å². The van der Waals surface area contributed by atoms with E-state index in [2.05, 4.69) is 0 Å². The maximum absolute atomic E-state index is 11.7. The summed E-state index contributed by atoms with van der Waals surface area (Å²) in [6.45, 7) is 0.660. The van der Waals surface area contributed by atoms with Gasteiger partial charge in [0.15, 0.2) is 0 Å². The van der Waals surface area contributed by atoms with E-state index in [-0.39, 0.29) is 12.5 Å². The zero-order valence-corrected chi connectivity index (χ0v) is 8.44. The van der Waals surface area contributed by atoms with Crippen molar-refractivity contribution in [2.24, 2.45) is 0 Å². The molecular weight excluding hydrogens is 192 g/mol. The predicted octanol–water partition coefficient (Wildman–Crippen LogP) is 0.540. The molecule has 4 heteroatoms. The average Bonchev–Trinajstić information content (AvgIpc) is 2.51. The number of nitrogens with two attached hydrogens (primary N) is 1. The molecule has 4 nitrogen and oxygen atoms in total. The van der Waals surface area contributed by atoms with Crippen LogP contribution in [0, 0.1) is 0 Å². The van der Waals surface area contributed by atoms with Gasteiger partial charge in [-0.15, -0.1) is 0 Å². The van der Waals surface area contributed by atoms with Gasteiger partial charge < -0.3 is 15.7 Å². The van der Waals surface area contributed by atoms with Crippen LogP contribution in [0.25, 0.3) is 0 Å². The molecular formula is C11H14N2O2. The van der Waals surface area contributed by atoms with Gasteiger partial charge in [-0.1, -0.05) is 6.07 Å². The molecule has 3 N–H and O–H groups in total. The summed E-state index contributed by atoms with van der Waals surface area (Å²) in [4.78, 5) is 13.3. The molecule has 0 radical (unpaired) electrons. The Morgan fingerprint density at radius 3 is 3.00 bits per heavy atom. The van der Waals surface area contributed by atoms with Crippen LogP contribution in [0.15, 0.2) is 18.2 Å². The van der Waals surface area contributed by atoms with Gasteiger partial charge in [0, 0.05) is 24.5 Å². The Morgan fingerprint density at radius 1 is 1.47 bits per heavy atom. The Bertz CT molecular complexity index is 390. The molecule has 0 aliphatic carbocycles. The molecule has 1 aromatic rings. The first-order valence-electron chi connectivity index (χ1n) is 5.02. The number of aliphatic hydroxyl groups excluding tert-OH is 1. The molecule has 0 saturated heterocycles. The number of carbonyl (C=O) groups is 1. The first-order valence-corrected chi connectivity index (χ1v) is 5.02. The molecule has 1 aliphatic heterocycles. The van der Waals surface area contributed by atoms with Crippen molar-refractivity contribution in [3.8, 4) is 0 Å². The molecule has 1 aromatic carbocycles. The highest BCUT2D eigenvalue weighted by Gasteiger charge is 2.26. The number of carbonyl (C=O) groups excluding carboxylic acids is 1. The summed E-state index contributed by atoms with van der Waals surface area (Å²) >= 11 is 0. The zero-order chi connectivity index (χ0) is 10.8. The van der Waals surface area contributed by atoms with E-state index in [1.54, 1.807) is 4.90 Å². The van der Waals surface area contributed by atoms with Crippen molar-refractivity contribution in [2.45, 2.75) is 12.8 Å². The Labute approximate surface area is 88.3 Å². The lowest BCUT2D eigenvalue weighted by Crippen LogP contribution is -2.28. The van der Waals surface area contributed by atoms with Crippen molar-refractivity contribution in [3.63, 3.8) is 0 Å². The first-order chi connectivity index (χ1) is 7.22. The molecule has 0 atom stereocenters. The summed E-state index contributed by atoms with van der Waals surface area (Å²) in [6, 6.07) is 5.51. The smallest absolute Gasteiger partial charge is 0.231 e. The molecule has 0 fully saturated rings. The summed E-state index contributed by atoms with van der Waals surface area (Å²) in [5.41, 5.74) is 8.26. The van der Waals surface area contributed by atoms with Crippen molar-refractivity contribution in [2.75, 3.05) is 23.8 Å². The van der Waals surface area contributed by atoms with Crippen LogP contribution in [-0.4, -0.2) is 24.2 Å². The number of nitrogen functional groups attached to an aromatic ring is 1. The van der Waals surface area contributed by atoms with Crippen LogP contribution in [0.1, 0.15) is 12.0 Å². The van der Waals surface area contributed by atoms with E-state index in [1.165, 1.54) is 0 Å². The normalized spacial score (nSPS) is 14.5. The van der Waals surface area contributed by atoms with Crippen LogP contribution >= 0.6 is 0 Å². The van der Waals surface area contributed by atoms with E-state index in [9.17, 15) is 4.79 Å². The van der Waals surface area contributed by atoms with Crippen LogP contribution in [0.4, 0.5) is 11.4 Å². The minimum atomic E-state index is 0.0871. The van der Waals surface area contributed by atoms with Crippen molar-refractivity contribution < 1.29 is 9.90 Å². The van der Waals surface area contributed by atoms with Crippen LogP contribution < -0.4 is 10.6 Å². The molecule has 15 heavy (non-hydrogen) atoms. The second-order valence-corrected chi connectivity index (χ2v) is 3.69. The molecule has 1 heterocycles. The molecule has 0 spiro atoms. The first kappa shape index (κ1) is 9.98. The highest BCUT2D eigenvalue weighted by molar-refractivity contribution is 6.01. The summed E-state index contributed by atoms with van der Waals surface area (Å²) in [6.07, 6.45) is 1.04. The van der Waals surface area contributed by atoms with Crippen LogP contribution in [0.2, 0.25) is 0 Å². The molecule has 0 aromatic heterocycles. The number of hydrogen-bond donors (Lipinski definition) is 2. The molecule has 0 saturated carbocycles. The Kier molecular flexibility index (Phi) is 2.60. The fourth-order valence-electron chi connectivity index (χ4n) is 1.85. The Morgan fingerprint density at radius 2 is 2.27 bits per heavy atom. The number of aliphatic hydroxyl groups is 1. The van der Waals surface area contributed by atoms with E-state index < -0.39 is 0 Å². The monoisotopic (exact) mass is 206 g/mol. The average molecular weight is 206 g/mol. The van der Waals surface area contributed by atoms with Crippen molar-refractivity contribution in [3.05, 3.63) is 23.8 Å². The van der Waals surface area contributed by atoms with E-state index in [4.69, 9.17) is 10.8 Å². The van der Waals surface area contributed by atoms with Gasteiger partial charge in [0.2, 0.25) is 5.91 Å². The van der Waals surface area contributed by atoms with Crippen LogP contribution in [0.3, 0.4) is 0 Å². The number of rotatable bonds is 3. The number of anilines is 2. The molecule has 80 valence electrons. The van der Waals surface area contributed by atoms with E-state index >= 15 is 0 Å². The number of hydrogen-bond acceptors (Lipinski definition) is 3. The van der Waals surface area contributed by atoms with Crippen LogP contribution in [0.5, 0.6) is 0 Å². The highest BCUT2D eigenvalue weighted by Crippen LogP contribution is 2.30. The molecule has 0 unspecified atom stereocenters. The summed E-state index contributed by atoms with van der Waals surface area (Å²) in [5.74, 6) is 0.0871. The van der Waals surface area contributed by atoms with Gasteiger partial charge in [-0.3, -0.25) is 4.79 Å². The van der Waals surface area contributed by atoms with Gasteiger partial charge in [-0.25, -0.2) is 0 Å². The fourth-order valence-corrected chi connectivity index (χ4v) is 1.85. The SMILES string of the molecule is Nc1ccc2c(c1)N(CCCO)C(=O)C2. The lowest BCUT2D eigenvalue weighted by atomic mass is 10.1. The standard InChI is InChI=1S/C11H14N2O2/c12-9-3-2-8-6-11(15)13(4-1-5-14)10(8)7-9/h2-3,7,14H,1,4-6,12H2. The van der Waals surface area contributed by atoms with Gasteiger partial charge in [0.1, 0.15) is 0 Å². The van der Waals surface area contributed by atoms with Gasteiger partial charge in [0.25, 0.3) is 0 Å². The van der Waals surface area contributed by atoms with Gasteiger partial charge in [-0.2, -0.15) is 0 Å². The summed E-state index contributed by atoms with van der Waals surface area (Å²) in [5, 5.41) is 8.75. The molecule has 2 rings (SSSR count). The summed E-state index contributed by atoms with van der Waals surface area (Å²) < 4.78 is 0. The van der Waals surface area contributed by atoms with Crippen molar-refractivity contribution >= 4 is 17.3 Å². The maximum atomic E-state index is 11.7. The number of amides is 1. The largest absolute Gasteiger partial charge is 0.399 e. The third-order valence-corrected chi connectivity index (χ3v) is 2.58. The van der Waals surface area contributed by atoms with E-state index in [0.717, 1.165) is 11.3 Å². The second kappa shape index (κ2) is 3.90. The third kappa shape index (κ3) is 1.80. The van der Waals surface area contributed by atoms with Gasteiger partial charge >= 0.3 is 0 Å². The highest BCUT2D eigenvalue weighted by atomic mass is 16.3. The van der Waals surface area contributed by atoms with E-state index in [1.807, 2.05) is 18.2 Å². The molecule has 1 amide bonds.